The van der Waals surface area contributed by atoms with E-state index in [4.69, 9.17) is 4.74 Å². The highest BCUT2D eigenvalue weighted by atomic mass is 79.9. The lowest BCUT2D eigenvalue weighted by Crippen LogP contribution is -2.33. The first-order valence-electron chi connectivity index (χ1n) is 10.8. The molecule has 168 valence electrons. The van der Waals surface area contributed by atoms with E-state index in [1.54, 1.807) is 4.90 Å². The van der Waals surface area contributed by atoms with Gasteiger partial charge in [0.1, 0.15) is 10.3 Å². The molecule has 0 saturated carbocycles. The predicted molar refractivity (Wildman–Crippen MR) is 133 cm³/mol. The third-order valence-electron chi connectivity index (χ3n) is 5.52. The summed E-state index contributed by atoms with van der Waals surface area (Å²) < 4.78 is 7.99. The molecule has 0 radical (unpaired) electrons. The minimum absolute atomic E-state index is 0.148. The molecule has 5 rings (SSSR count). The second-order valence-corrected chi connectivity index (χ2v) is 9.56. The number of hydrogen-bond acceptors (Lipinski definition) is 6. The number of thiazole rings is 1. The van der Waals surface area contributed by atoms with Gasteiger partial charge in [-0.25, -0.2) is 0 Å². The number of carbonyl (C=O) groups excluding carboxylic acids is 1. The number of fused-ring (bicyclic) bond motifs is 2. The van der Waals surface area contributed by atoms with E-state index in [-0.39, 0.29) is 11.5 Å². The molecule has 0 saturated heterocycles. The van der Waals surface area contributed by atoms with Gasteiger partial charge in [-0.2, -0.15) is 9.50 Å². The topological polar surface area (TPSA) is 76.8 Å². The molecular formula is C24H21BrN4O3S. The van der Waals surface area contributed by atoms with Crippen LogP contribution < -0.4 is 19.7 Å². The third-order valence-corrected chi connectivity index (χ3v) is 7.04. The Hall–Kier alpha value is -3.04. The van der Waals surface area contributed by atoms with Crippen LogP contribution in [0.5, 0.6) is 5.75 Å². The van der Waals surface area contributed by atoms with Crippen molar-refractivity contribution >= 4 is 49.4 Å². The van der Waals surface area contributed by atoms with E-state index in [9.17, 15) is 9.59 Å². The molecule has 0 unspecified atom stereocenters. The second-order valence-electron chi connectivity index (χ2n) is 7.67. The Labute approximate surface area is 202 Å². The molecule has 1 amide bonds. The number of anilines is 1. The fraction of sp³-hybridized carbons (Fsp3) is 0.250. The Balaban J connectivity index is 1.63. The van der Waals surface area contributed by atoms with Crippen LogP contribution in [0.4, 0.5) is 5.69 Å². The summed E-state index contributed by atoms with van der Waals surface area (Å²) in [7, 11) is 0. The van der Waals surface area contributed by atoms with Crippen molar-refractivity contribution in [2.75, 3.05) is 18.1 Å². The van der Waals surface area contributed by atoms with Gasteiger partial charge in [0.15, 0.2) is 5.82 Å². The van der Waals surface area contributed by atoms with E-state index in [2.05, 4.69) is 32.9 Å². The van der Waals surface area contributed by atoms with Gasteiger partial charge in [0.2, 0.25) is 4.96 Å². The van der Waals surface area contributed by atoms with Crippen LogP contribution in [0.1, 0.15) is 32.3 Å². The van der Waals surface area contributed by atoms with Gasteiger partial charge in [-0.15, -0.1) is 5.10 Å². The van der Waals surface area contributed by atoms with Gasteiger partial charge in [0, 0.05) is 22.1 Å². The molecule has 4 aromatic rings. The second kappa shape index (κ2) is 8.72. The van der Waals surface area contributed by atoms with Crippen LogP contribution in [0, 0.1) is 0 Å². The lowest BCUT2D eigenvalue weighted by molar-refractivity contribution is -0.113. The molecule has 0 spiro atoms. The maximum atomic E-state index is 13.4. The molecule has 33 heavy (non-hydrogen) atoms. The van der Waals surface area contributed by atoms with E-state index >= 15 is 0 Å². The quantitative estimate of drug-likeness (QED) is 0.380. The first kappa shape index (κ1) is 21.8. The molecule has 2 aromatic heterocycles. The lowest BCUT2D eigenvalue weighted by Gasteiger charge is -2.16. The first-order chi connectivity index (χ1) is 16.0. The highest BCUT2D eigenvalue weighted by Crippen LogP contribution is 2.37. The van der Waals surface area contributed by atoms with Gasteiger partial charge in [-0.1, -0.05) is 40.6 Å². The van der Waals surface area contributed by atoms with Crippen molar-refractivity contribution in [2.24, 2.45) is 0 Å². The Kier molecular flexibility index (Phi) is 5.76. The minimum atomic E-state index is -0.327. The zero-order valence-electron chi connectivity index (χ0n) is 18.2. The largest absolute Gasteiger partial charge is 0.494 e. The zero-order valence-corrected chi connectivity index (χ0v) is 20.6. The fourth-order valence-corrected chi connectivity index (χ4v) is 5.29. The highest BCUT2D eigenvalue weighted by molar-refractivity contribution is 9.10. The number of halogens is 1. The van der Waals surface area contributed by atoms with Crippen molar-refractivity contribution in [1.82, 2.24) is 14.6 Å². The summed E-state index contributed by atoms with van der Waals surface area (Å²) in [6.45, 7) is 5.22. The summed E-state index contributed by atoms with van der Waals surface area (Å²) in [6, 6.07) is 13.2. The zero-order chi connectivity index (χ0) is 23.1. The van der Waals surface area contributed by atoms with Crippen molar-refractivity contribution in [1.29, 1.82) is 0 Å². The fourth-order valence-electron chi connectivity index (χ4n) is 3.94. The average molecular weight is 525 g/mol. The Morgan fingerprint density at radius 1 is 1.09 bits per heavy atom. The summed E-state index contributed by atoms with van der Waals surface area (Å²) in [6.07, 6.45) is 1.86. The van der Waals surface area contributed by atoms with Crippen molar-refractivity contribution in [3.8, 4) is 17.1 Å². The minimum Gasteiger partial charge on any atom is -0.494 e. The Morgan fingerprint density at radius 2 is 1.88 bits per heavy atom. The maximum absolute atomic E-state index is 13.4. The van der Waals surface area contributed by atoms with Crippen LogP contribution >= 0.6 is 27.3 Å². The highest BCUT2D eigenvalue weighted by Gasteiger charge is 2.34. The van der Waals surface area contributed by atoms with Gasteiger partial charge in [-0.05, 0) is 55.8 Å². The van der Waals surface area contributed by atoms with E-state index in [0.717, 1.165) is 39.9 Å². The molecule has 7 nitrogen and oxygen atoms in total. The van der Waals surface area contributed by atoms with Gasteiger partial charge >= 0.3 is 0 Å². The maximum Gasteiger partial charge on any atom is 0.291 e. The number of carbonyl (C=O) groups is 1. The molecule has 3 heterocycles. The van der Waals surface area contributed by atoms with E-state index in [0.29, 0.717) is 34.0 Å². The van der Waals surface area contributed by atoms with Gasteiger partial charge in [0.25, 0.3) is 11.5 Å². The van der Waals surface area contributed by atoms with Crippen molar-refractivity contribution < 1.29 is 9.53 Å². The number of hydrogen-bond donors (Lipinski definition) is 0. The summed E-state index contributed by atoms with van der Waals surface area (Å²) in [4.78, 5) is 33.5. The van der Waals surface area contributed by atoms with Gasteiger partial charge < -0.3 is 9.64 Å². The molecule has 0 N–H and O–H groups in total. The van der Waals surface area contributed by atoms with Gasteiger partial charge in [0.05, 0.1) is 17.9 Å². The predicted octanol–water partition coefficient (Wildman–Crippen LogP) is 4.04. The van der Waals surface area contributed by atoms with Gasteiger partial charge in [-0.3, -0.25) is 9.59 Å². The van der Waals surface area contributed by atoms with Crippen LogP contribution in [0.3, 0.4) is 0 Å². The van der Waals surface area contributed by atoms with Crippen molar-refractivity contribution in [2.45, 2.75) is 26.7 Å². The SMILES string of the molecule is CCCCN1C(=O)C(=c2sc3nc(-c4ccc(OCC)cc4)nn3c2=O)c2cc(Br)ccc21. The molecule has 1 aliphatic heterocycles. The number of nitrogens with zero attached hydrogens (tertiary/aromatic N) is 4. The summed E-state index contributed by atoms with van der Waals surface area (Å²) in [5, 5.41) is 4.43. The molecule has 9 heteroatoms. The number of ether oxygens (including phenoxy) is 1. The Bertz CT molecular complexity index is 1480. The molecule has 0 bridgehead atoms. The first-order valence-corrected chi connectivity index (χ1v) is 12.4. The average Bonchev–Trinajstić information content (AvgIpc) is 3.43. The smallest absolute Gasteiger partial charge is 0.291 e. The lowest BCUT2D eigenvalue weighted by atomic mass is 10.1. The summed E-state index contributed by atoms with van der Waals surface area (Å²) in [5.41, 5.74) is 2.48. The number of rotatable bonds is 6. The number of unbranched alkanes of at least 4 members (excludes halogenated alkanes) is 1. The van der Waals surface area contributed by atoms with Crippen LogP contribution in [0.15, 0.2) is 51.7 Å². The van der Waals surface area contributed by atoms with Crippen LogP contribution in [0.25, 0.3) is 21.9 Å². The molecular weight excluding hydrogens is 504 g/mol. The number of aromatic nitrogens is 3. The van der Waals surface area contributed by atoms with Crippen LogP contribution in [-0.2, 0) is 4.79 Å². The molecule has 0 atom stereocenters. The Morgan fingerprint density at radius 3 is 2.58 bits per heavy atom. The molecule has 1 aliphatic rings. The summed E-state index contributed by atoms with van der Waals surface area (Å²) in [5.74, 6) is 1.08. The standard InChI is InChI=1S/C24H21BrN4O3S/c1-3-5-12-28-18-11-8-15(25)13-17(18)19(22(28)30)20-23(31)29-24(33-20)26-21(27-29)14-6-9-16(10-7-14)32-4-2/h6-11,13H,3-5,12H2,1-2H3. The third kappa shape index (κ3) is 3.75. The molecule has 0 aliphatic carbocycles. The van der Waals surface area contributed by atoms with E-state index < -0.39 is 0 Å². The monoisotopic (exact) mass is 524 g/mol. The molecule has 2 aromatic carbocycles. The number of benzene rings is 2. The van der Waals surface area contributed by atoms with E-state index in [1.807, 2.05) is 49.4 Å². The van der Waals surface area contributed by atoms with E-state index in [1.165, 1.54) is 15.9 Å². The molecule has 0 fully saturated rings. The van der Waals surface area contributed by atoms with Crippen molar-refractivity contribution in [3.05, 3.63) is 67.4 Å². The number of amides is 1. The van der Waals surface area contributed by atoms with Crippen molar-refractivity contribution in [3.63, 3.8) is 0 Å². The van der Waals surface area contributed by atoms with Crippen LogP contribution in [-0.4, -0.2) is 33.7 Å². The van der Waals surface area contributed by atoms with Crippen LogP contribution in [0.2, 0.25) is 0 Å². The summed E-state index contributed by atoms with van der Waals surface area (Å²) >= 11 is 4.70. The normalized spacial score (nSPS) is 14.9.